The molecule has 0 N–H and O–H groups in total. The Morgan fingerprint density at radius 2 is 1.81 bits per heavy atom. The Morgan fingerprint density at radius 1 is 1.11 bits per heavy atom. The number of rotatable bonds is 6. The lowest BCUT2D eigenvalue weighted by Crippen LogP contribution is -2.43. The molecule has 8 nitrogen and oxygen atoms in total. The summed E-state index contributed by atoms with van der Waals surface area (Å²) in [6.07, 6.45) is -4.73. The van der Waals surface area contributed by atoms with E-state index in [1.165, 1.54) is 18.3 Å². The van der Waals surface area contributed by atoms with Crippen LogP contribution in [0.4, 0.5) is 22.4 Å². The summed E-state index contributed by atoms with van der Waals surface area (Å²) in [6.45, 7) is 4.75. The fourth-order valence-electron chi connectivity index (χ4n) is 3.90. The van der Waals surface area contributed by atoms with Crippen LogP contribution in [-0.4, -0.2) is 64.2 Å². The summed E-state index contributed by atoms with van der Waals surface area (Å²) >= 11 is 0. The molecule has 1 saturated heterocycles. The molecule has 3 heterocycles. The molecule has 1 fully saturated rings. The van der Waals surface area contributed by atoms with Crippen LogP contribution in [-0.2, 0) is 26.9 Å². The summed E-state index contributed by atoms with van der Waals surface area (Å²) in [6, 6.07) is 2.43. The number of pyridine rings is 2. The molecule has 0 bridgehead atoms. The molecular weight excluding hydrogens is 498 g/mol. The van der Waals surface area contributed by atoms with Crippen LogP contribution in [0.15, 0.2) is 30.6 Å². The van der Waals surface area contributed by atoms with E-state index >= 15 is 0 Å². The molecule has 2 aromatic rings. The Labute approximate surface area is 211 Å². The lowest BCUT2D eigenvalue weighted by atomic mass is 9.99. The average molecular weight is 525 g/mol. The Morgan fingerprint density at radius 3 is 2.38 bits per heavy atom. The van der Waals surface area contributed by atoms with Crippen molar-refractivity contribution in [3.8, 4) is 11.1 Å². The van der Waals surface area contributed by atoms with Crippen molar-refractivity contribution in [2.24, 2.45) is 0 Å². The zero-order valence-corrected chi connectivity index (χ0v) is 20.8. The van der Waals surface area contributed by atoms with Gasteiger partial charge in [-0.1, -0.05) is 6.07 Å². The number of aromatic nitrogens is 2. The highest BCUT2D eigenvalue weighted by molar-refractivity contribution is 5.97. The molecule has 2 aromatic heterocycles. The Bertz CT molecular complexity index is 1160. The second-order valence-electron chi connectivity index (χ2n) is 9.59. The standard InChI is InChI=1S/C25H27F4N3O5/c1-24(2,3)37-23(35)32-13-15(26)9-19(32)20(33)7-6-16-10-17(18(12-30-16)22(34)36-4)14-5-8-21(31-11-14)25(27,28)29/h5,8,10-12,15,19H,6-7,9,13H2,1-4H3/t15-,19?/m1/s1. The van der Waals surface area contributed by atoms with Gasteiger partial charge in [0.15, 0.2) is 5.78 Å². The van der Waals surface area contributed by atoms with Gasteiger partial charge in [0.2, 0.25) is 0 Å². The van der Waals surface area contributed by atoms with Crippen LogP contribution in [0.1, 0.15) is 55.4 Å². The van der Waals surface area contributed by atoms with Crippen LogP contribution < -0.4 is 0 Å². The highest BCUT2D eigenvalue weighted by Crippen LogP contribution is 2.31. The second-order valence-corrected chi connectivity index (χ2v) is 9.59. The van der Waals surface area contributed by atoms with Crippen molar-refractivity contribution < 1.29 is 41.4 Å². The molecule has 1 aliphatic heterocycles. The third kappa shape index (κ3) is 7.01. The number of carbonyl (C=O) groups excluding carboxylic acids is 3. The van der Waals surface area contributed by atoms with Crippen LogP contribution in [0.2, 0.25) is 0 Å². The first-order valence-corrected chi connectivity index (χ1v) is 11.5. The van der Waals surface area contributed by atoms with Gasteiger partial charge in [0.25, 0.3) is 0 Å². The van der Waals surface area contributed by atoms with E-state index in [0.717, 1.165) is 24.3 Å². The monoisotopic (exact) mass is 525 g/mol. The molecule has 200 valence electrons. The van der Waals surface area contributed by atoms with E-state index in [1.807, 2.05) is 0 Å². The number of methoxy groups -OCH3 is 1. The summed E-state index contributed by atoms with van der Waals surface area (Å²) < 4.78 is 62.8. The number of aryl methyl sites for hydroxylation is 1. The minimum absolute atomic E-state index is 0.00583. The number of Topliss-reactive ketones (excluding diaryl/α,β-unsaturated/α-hetero) is 1. The average Bonchev–Trinajstić information content (AvgIpc) is 3.22. The molecule has 3 rings (SSSR count). The lowest BCUT2D eigenvalue weighted by molar-refractivity contribution is -0.141. The first-order valence-electron chi connectivity index (χ1n) is 11.5. The maximum Gasteiger partial charge on any atom is 0.433 e. The van der Waals surface area contributed by atoms with Crippen LogP contribution in [0.3, 0.4) is 0 Å². The zero-order chi connectivity index (χ0) is 27.5. The van der Waals surface area contributed by atoms with E-state index in [1.54, 1.807) is 20.8 Å². The van der Waals surface area contributed by atoms with Gasteiger partial charge in [-0.2, -0.15) is 13.2 Å². The minimum atomic E-state index is -4.63. The molecule has 1 amide bonds. The van der Waals surface area contributed by atoms with E-state index in [-0.39, 0.29) is 48.3 Å². The van der Waals surface area contributed by atoms with Crippen LogP contribution in [0.25, 0.3) is 11.1 Å². The van der Waals surface area contributed by atoms with Crippen molar-refractivity contribution in [2.45, 2.75) is 64.0 Å². The summed E-state index contributed by atoms with van der Waals surface area (Å²) in [4.78, 5) is 46.3. The quantitative estimate of drug-likeness (QED) is 0.395. The minimum Gasteiger partial charge on any atom is -0.465 e. The molecular formula is C25H27F4N3O5. The topological polar surface area (TPSA) is 98.7 Å². The molecule has 12 heteroatoms. The van der Waals surface area contributed by atoms with Crippen LogP contribution >= 0.6 is 0 Å². The van der Waals surface area contributed by atoms with Gasteiger partial charge in [0, 0.05) is 42.1 Å². The predicted molar refractivity (Wildman–Crippen MR) is 123 cm³/mol. The molecule has 0 radical (unpaired) electrons. The highest BCUT2D eigenvalue weighted by Gasteiger charge is 2.41. The van der Waals surface area contributed by atoms with Gasteiger partial charge >= 0.3 is 18.2 Å². The Balaban J connectivity index is 1.80. The van der Waals surface area contributed by atoms with Gasteiger partial charge in [-0.05, 0) is 39.3 Å². The summed E-state index contributed by atoms with van der Waals surface area (Å²) in [7, 11) is 1.15. The molecule has 37 heavy (non-hydrogen) atoms. The number of ether oxygens (including phenoxy) is 2. The number of amides is 1. The molecule has 1 aliphatic rings. The van der Waals surface area contributed by atoms with Crippen molar-refractivity contribution in [3.05, 3.63) is 47.5 Å². The van der Waals surface area contributed by atoms with Crippen molar-refractivity contribution in [1.29, 1.82) is 0 Å². The predicted octanol–water partition coefficient (Wildman–Crippen LogP) is 4.80. The highest BCUT2D eigenvalue weighted by atomic mass is 19.4. The molecule has 0 aliphatic carbocycles. The SMILES string of the molecule is COC(=O)c1cnc(CCC(=O)C2C[C@@H](F)CN2C(=O)OC(C)(C)C)cc1-c1ccc(C(F)(F)F)nc1. The van der Waals surface area contributed by atoms with E-state index in [4.69, 9.17) is 9.47 Å². The number of hydrogen-bond acceptors (Lipinski definition) is 7. The lowest BCUT2D eigenvalue weighted by Gasteiger charge is -2.27. The van der Waals surface area contributed by atoms with Gasteiger partial charge < -0.3 is 9.47 Å². The first kappa shape index (κ1) is 28.0. The molecule has 2 atom stereocenters. The Hall–Kier alpha value is -3.57. The van der Waals surface area contributed by atoms with E-state index < -0.39 is 41.7 Å². The van der Waals surface area contributed by atoms with Gasteiger partial charge in [-0.25, -0.2) is 14.0 Å². The number of likely N-dealkylation sites (tertiary alicyclic amines) is 1. The van der Waals surface area contributed by atoms with Crippen molar-refractivity contribution >= 4 is 17.8 Å². The van der Waals surface area contributed by atoms with Gasteiger partial charge in [-0.3, -0.25) is 19.7 Å². The third-order valence-corrected chi connectivity index (χ3v) is 5.61. The number of hydrogen-bond donors (Lipinski definition) is 0. The second kappa shape index (κ2) is 10.8. The number of halogens is 4. The number of carbonyl (C=O) groups is 3. The number of alkyl halides is 4. The molecule has 0 spiro atoms. The first-order chi connectivity index (χ1) is 17.2. The number of nitrogens with zero attached hydrogens (tertiary/aromatic N) is 3. The van der Waals surface area contributed by atoms with Crippen molar-refractivity contribution in [3.63, 3.8) is 0 Å². The molecule has 0 saturated carbocycles. The van der Waals surface area contributed by atoms with Gasteiger partial charge in [0.1, 0.15) is 17.5 Å². The van der Waals surface area contributed by atoms with Gasteiger partial charge in [0.05, 0.1) is 25.3 Å². The Kier molecular flexibility index (Phi) is 8.19. The summed E-state index contributed by atoms with van der Waals surface area (Å²) in [5.74, 6) is -1.14. The fraction of sp³-hybridized carbons (Fsp3) is 0.480. The maximum absolute atomic E-state index is 14.1. The van der Waals surface area contributed by atoms with Crippen molar-refractivity contribution in [1.82, 2.24) is 14.9 Å². The number of esters is 1. The smallest absolute Gasteiger partial charge is 0.433 e. The normalized spacial score (nSPS) is 18.0. The van der Waals surface area contributed by atoms with Crippen molar-refractivity contribution in [2.75, 3.05) is 13.7 Å². The van der Waals surface area contributed by atoms with Crippen LogP contribution in [0.5, 0.6) is 0 Å². The summed E-state index contributed by atoms with van der Waals surface area (Å²) in [5, 5.41) is 0. The maximum atomic E-state index is 14.1. The van der Waals surface area contributed by atoms with E-state index in [9.17, 15) is 31.9 Å². The largest absolute Gasteiger partial charge is 0.465 e. The fourth-order valence-corrected chi connectivity index (χ4v) is 3.90. The van der Waals surface area contributed by atoms with E-state index in [2.05, 4.69) is 9.97 Å². The number of ketones is 1. The summed E-state index contributed by atoms with van der Waals surface area (Å²) in [5.41, 5.74) is -1.09. The molecule has 0 aromatic carbocycles. The van der Waals surface area contributed by atoms with Crippen LogP contribution in [0, 0.1) is 0 Å². The third-order valence-electron chi connectivity index (χ3n) is 5.61. The van der Waals surface area contributed by atoms with Gasteiger partial charge in [-0.15, -0.1) is 0 Å². The molecule has 1 unspecified atom stereocenters. The van der Waals surface area contributed by atoms with E-state index in [0.29, 0.717) is 5.69 Å². The zero-order valence-electron chi connectivity index (χ0n) is 20.8.